The van der Waals surface area contributed by atoms with Crippen LogP contribution in [0.4, 0.5) is 0 Å². The summed E-state index contributed by atoms with van der Waals surface area (Å²) in [6, 6.07) is 15.8. The van der Waals surface area contributed by atoms with Crippen LogP contribution in [0.2, 0.25) is 0 Å². The Kier molecular flexibility index (Phi) is 8.58. The van der Waals surface area contributed by atoms with E-state index < -0.39 is 0 Å². The van der Waals surface area contributed by atoms with Gasteiger partial charge < -0.3 is 14.8 Å². The Balaban J connectivity index is 1.83. The first-order valence-corrected chi connectivity index (χ1v) is 9.41. The number of methoxy groups -OCH3 is 1. The average Bonchev–Trinajstić information content (AvgIpc) is 2.67. The van der Waals surface area contributed by atoms with Gasteiger partial charge >= 0.3 is 0 Å². The Morgan fingerprint density at radius 3 is 2.63 bits per heavy atom. The number of hydrogen-bond acceptors (Lipinski definition) is 4. The number of hydrazone groups is 1. The van der Waals surface area contributed by atoms with Crippen molar-refractivity contribution in [3.63, 3.8) is 0 Å². The molecular formula is C21H27N3O2S. The molecular weight excluding hydrogens is 358 g/mol. The second-order valence-electron chi connectivity index (χ2n) is 6.48. The fourth-order valence-corrected chi connectivity index (χ4v) is 2.40. The average molecular weight is 386 g/mol. The lowest BCUT2D eigenvalue weighted by Gasteiger charge is -2.12. The van der Waals surface area contributed by atoms with E-state index in [9.17, 15) is 0 Å². The van der Waals surface area contributed by atoms with E-state index in [4.69, 9.17) is 21.7 Å². The van der Waals surface area contributed by atoms with Gasteiger partial charge in [0.1, 0.15) is 0 Å². The van der Waals surface area contributed by atoms with Crippen LogP contribution in [0, 0.1) is 5.92 Å². The van der Waals surface area contributed by atoms with E-state index in [2.05, 4.69) is 29.7 Å². The van der Waals surface area contributed by atoms with Crippen molar-refractivity contribution in [2.45, 2.75) is 26.8 Å². The molecule has 0 aromatic heterocycles. The standard InChI is InChI=1S/C21H27N3O2S/c1-16(2)11-12-26-19-10-9-18(13-20(19)25-3)15-23-24-21(27)22-14-17-7-5-4-6-8-17/h4-10,13,15-16H,11-12,14H2,1-3H3,(H2,22,24,27)/b23-15-. The molecule has 0 spiro atoms. The molecule has 2 rings (SSSR count). The Labute approximate surface area is 166 Å². The third-order valence-electron chi connectivity index (χ3n) is 3.82. The molecule has 0 heterocycles. The molecule has 2 aromatic rings. The quantitative estimate of drug-likeness (QED) is 0.386. The Morgan fingerprint density at radius 2 is 1.93 bits per heavy atom. The molecule has 5 nitrogen and oxygen atoms in total. The van der Waals surface area contributed by atoms with E-state index in [0.717, 1.165) is 23.3 Å². The molecule has 0 aliphatic rings. The lowest BCUT2D eigenvalue weighted by molar-refractivity contribution is 0.273. The van der Waals surface area contributed by atoms with Gasteiger partial charge in [-0.2, -0.15) is 5.10 Å². The molecule has 0 fully saturated rings. The van der Waals surface area contributed by atoms with Gasteiger partial charge in [0.15, 0.2) is 16.6 Å². The van der Waals surface area contributed by atoms with E-state index in [1.807, 2.05) is 48.5 Å². The van der Waals surface area contributed by atoms with E-state index in [-0.39, 0.29) is 0 Å². The zero-order valence-corrected chi connectivity index (χ0v) is 16.9. The zero-order chi connectivity index (χ0) is 19.5. The van der Waals surface area contributed by atoms with Gasteiger partial charge in [-0.05, 0) is 53.9 Å². The van der Waals surface area contributed by atoms with Crippen molar-refractivity contribution < 1.29 is 9.47 Å². The molecule has 27 heavy (non-hydrogen) atoms. The van der Waals surface area contributed by atoms with Gasteiger partial charge in [-0.15, -0.1) is 0 Å². The molecule has 6 heteroatoms. The number of hydrogen-bond donors (Lipinski definition) is 2. The van der Waals surface area contributed by atoms with Gasteiger partial charge in [0.25, 0.3) is 0 Å². The van der Waals surface area contributed by atoms with Gasteiger partial charge in [-0.25, -0.2) is 0 Å². The van der Waals surface area contributed by atoms with Crippen LogP contribution in [0.15, 0.2) is 53.6 Å². The summed E-state index contributed by atoms with van der Waals surface area (Å²) in [7, 11) is 1.63. The molecule has 2 N–H and O–H groups in total. The van der Waals surface area contributed by atoms with Crippen LogP contribution in [0.25, 0.3) is 0 Å². The van der Waals surface area contributed by atoms with Crippen molar-refractivity contribution in [2.75, 3.05) is 13.7 Å². The normalized spacial score (nSPS) is 10.8. The Hall–Kier alpha value is -2.60. The predicted octanol–water partition coefficient (Wildman–Crippen LogP) is 4.12. The minimum Gasteiger partial charge on any atom is -0.493 e. The number of thiocarbonyl (C=S) groups is 1. The minimum atomic E-state index is 0.468. The van der Waals surface area contributed by atoms with Crippen LogP contribution in [-0.4, -0.2) is 25.0 Å². The molecule has 0 aliphatic heterocycles. The Bertz CT molecular complexity index is 748. The van der Waals surface area contributed by atoms with Crippen LogP contribution >= 0.6 is 12.2 Å². The van der Waals surface area contributed by atoms with Crippen molar-refractivity contribution in [1.82, 2.24) is 10.7 Å². The van der Waals surface area contributed by atoms with Gasteiger partial charge in [0.2, 0.25) is 0 Å². The first kappa shape index (κ1) is 20.7. The second-order valence-corrected chi connectivity index (χ2v) is 6.89. The van der Waals surface area contributed by atoms with E-state index >= 15 is 0 Å². The summed E-state index contributed by atoms with van der Waals surface area (Å²) in [4.78, 5) is 0. The summed E-state index contributed by atoms with van der Waals surface area (Å²) in [6.07, 6.45) is 2.70. The van der Waals surface area contributed by atoms with Crippen LogP contribution < -0.4 is 20.2 Å². The van der Waals surface area contributed by atoms with E-state index in [1.54, 1.807) is 13.3 Å². The molecule has 0 bridgehead atoms. The molecule has 2 aromatic carbocycles. The second kappa shape index (κ2) is 11.2. The van der Waals surface area contributed by atoms with Crippen molar-refractivity contribution in [1.29, 1.82) is 0 Å². The van der Waals surface area contributed by atoms with Crippen LogP contribution in [0.5, 0.6) is 11.5 Å². The topological polar surface area (TPSA) is 54.9 Å². The van der Waals surface area contributed by atoms with Crippen molar-refractivity contribution in [3.05, 3.63) is 59.7 Å². The highest BCUT2D eigenvalue weighted by Gasteiger charge is 2.05. The summed E-state index contributed by atoms with van der Waals surface area (Å²) >= 11 is 5.23. The SMILES string of the molecule is COc1cc(/C=N\NC(=S)NCc2ccccc2)ccc1OCCC(C)C. The number of rotatable bonds is 9. The minimum absolute atomic E-state index is 0.468. The van der Waals surface area contributed by atoms with Crippen molar-refractivity contribution in [3.8, 4) is 11.5 Å². The molecule has 144 valence electrons. The lowest BCUT2D eigenvalue weighted by Crippen LogP contribution is -2.31. The van der Waals surface area contributed by atoms with E-state index in [0.29, 0.717) is 29.9 Å². The molecule has 0 aliphatic carbocycles. The molecule has 0 unspecified atom stereocenters. The van der Waals surface area contributed by atoms with Gasteiger partial charge in [0.05, 0.1) is 19.9 Å². The predicted molar refractivity (Wildman–Crippen MR) is 115 cm³/mol. The lowest BCUT2D eigenvalue weighted by atomic mass is 10.1. The number of benzene rings is 2. The number of ether oxygens (including phenoxy) is 2. The maximum Gasteiger partial charge on any atom is 0.187 e. The monoisotopic (exact) mass is 385 g/mol. The molecule has 0 radical (unpaired) electrons. The van der Waals surface area contributed by atoms with Crippen LogP contribution in [0.3, 0.4) is 0 Å². The number of nitrogens with zero attached hydrogens (tertiary/aromatic N) is 1. The van der Waals surface area contributed by atoms with Crippen LogP contribution in [-0.2, 0) is 6.54 Å². The van der Waals surface area contributed by atoms with Crippen molar-refractivity contribution >= 4 is 23.5 Å². The highest BCUT2D eigenvalue weighted by molar-refractivity contribution is 7.80. The molecule has 0 saturated heterocycles. The smallest absolute Gasteiger partial charge is 0.187 e. The maximum absolute atomic E-state index is 5.79. The molecule has 0 atom stereocenters. The first-order chi connectivity index (χ1) is 13.1. The van der Waals surface area contributed by atoms with Crippen LogP contribution in [0.1, 0.15) is 31.4 Å². The third kappa shape index (κ3) is 7.66. The van der Waals surface area contributed by atoms with Gasteiger partial charge in [0, 0.05) is 6.54 Å². The molecule has 0 amide bonds. The van der Waals surface area contributed by atoms with E-state index in [1.165, 1.54) is 0 Å². The van der Waals surface area contributed by atoms with Gasteiger partial charge in [-0.3, -0.25) is 5.43 Å². The Morgan fingerprint density at radius 1 is 1.15 bits per heavy atom. The first-order valence-electron chi connectivity index (χ1n) is 9.00. The fourth-order valence-electron chi connectivity index (χ4n) is 2.27. The summed E-state index contributed by atoms with van der Waals surface area (Å²) < 4.78 is 11.2. The number of nitrogens with one attached hydrogen (secondary N) is 2. The highest BCUT2D eigenvalue weighted by Crippen LogP contribution is 2.27. The molecule has 0 saturated carbocycles. The fraction of sp³-hybridized carbons (Fsp3) is 0.333. The maximum atomic E-state index is 5.79. The zero-order valence-electron chi connectivity index (χ0n) is 16.1. The summed E-state index contributed by atoms with van der Waals surface area (Å²) in [5, 5.41) is 7.75. The summed E-state index contributed by atoms with van der Waals surface area (Å²) in [5.74, 6) is 2.03. The largest absolute Gasteiger partial charge is 0.493 e. The summed E-state index contributed by atoms with van der Waals surface area (Å²) in [6.45, 7) is 5.67. The third-order valence-corrected chi connectivity index (χ3v) is 4.05. The van der Waals surface area contributed by atoms with Gasteiger partial charge in [-0.1, -0.05) is 44.2 Å². The highest BCUT2D eigenvalue weighted by atomic mass is 32.1. The van der Waals surface area contributed by atoms with Crippen molar-refractivity contribution in [2.24, 2.45) is 11.0 Å². The summed E-state index contributed by atoms with van der Waals surface area (Å²) in [5.41, 5.74) is 4.86.